The standard InChI is InChI=1S/C15H23ClN4O3S/c1-15(9-17-11-19-15)10-24(21,22)20-6-4-13(5-7-20)23-14-3-2-12(16)8-18-14/h2-3,8,13,17,19H,4-7,9-11H2,1H3/t15-/m1/s1. The first kappa shape index (κ1) is 17.9. The van der Waals surface area contributed by atoms with Crippen LogP contribution in [0.1, 0.15) is 19.8 Å². The number of pyridine rings is 1. The van der Waals surface area contributed by atoms with Gasteiger partial charge in [0, 0.05) is 44.1 Å². The van der Waals surface area contributed by atoms with Crippen LogP contribution in [-0.4, -0.2) is 61.4 Å². The van der Waals surface area contributed by atoms with Crippen LogP contribution in [0.5, 0.6) is 5.88 Å². The van der Waals surface area contributed by atoms with Gasteiger partial charge in [-0.05, 0) is 25.8 Å². The Kier molecular flexibility index (Phi) is 5.31. The first-order valence-electron chi connectivity index (χ1n) is 8.08. The summed E-state index contributed by atoms with van der Waals surface area (Å²) in [5.74, 6) is 0.631. The van der Waals surface area contributed by atoms with E-state index in [4.69, 9.17) is 16.3 Å². The van der Waals surface area contributed by atoms with Crippen LogP contribution in [0.3, 0.4) is 0 Å². The molecular formula is C15H23ClN4O3S. The van der Waals surface area contributed by atoms with Crippen molar-refractivity contribution in [3.05, 3.63) is 23.4 Å². The Morgan fingerprint density at radius 2 is 2.17 bits per heavy atom. The summed E-state index contributed by atoms with van der Waals surface area (Å²) in [5.41, 5.74) is -0.403. The number of aromatic nitrogens is 1. The first-order chi connectivity index (χ1) is 11.4. The van der Waals surface area contributed by atoms with Gasteiger partial charge in [-0.2, -0.15) is 0 Å². The Labute approximate surface area is 147 Å². The molecule has 134 valence electrons. The van der Waals surface area contributed by atoms with E-state index in [1.54, 1.807) is 22.6 Å². The van der Waals surface area contributed by atoms with Crippen molar-refractivity contribution in [3.63, 3.8) is 0 Å². The van der Waals surface area contributed by atoms with Crippen molar-refractivity contribution in [2.24, 2.45) is 0 Å². The van der Waals surface area contributed by atoms with Crippen LogP contribution in [0, 0.1) is 0 Å². The molecule has 2 fully saturated rings. The molecule has 3 rings (SSSR count). The third-order valence-electron chi connectivity index (χ3n) is 4.44. The van der Waals surface area contributed by atoms with E-state index >= 15 is 0 Å². The summed E-state index contributed by atoms with van der Waals surface area (Å²) in [5, 5.41) is 6.92. The van der Waals surface area contributed by atoms with Crippen molar-refractivity contribution in [3.8, 4) is 5.88 Å². The van der Waals surface area contributed by atoms with Gasteiger partial charge in [-0.15, -0.1) is 0 Å². The second-order valence-electron chi connectivity index (χ2n) is 6.63. The molecule has 1 aromatic heterocycles. The van der Waals surface area contributed by atoms with E-state index in [0.29, 0.717) is 50.0 Å². The number of piperidine rings is 1. The lowest BCUT2D eigenvalue weighted by Gasteiger charge is -2.33. The smallest absolute Gasteiger partial charge is 0.215 e. The SMILES string of the molecule is C[C@]1(CS(=O)(=O)N2CCC(Oc3ccc(Cl)cn3)CC2)CNCN1. The Hall–Kier alpha value is -0.930. The lowest BCUT2D eigenvalue weighted by molar-refractivity contribution is 0.129. The van der Waals surface area contributed by atoms with E-state index in [1.165, 1.54) is 0 Å². The maximum Gasteiger partial charge on any atom is 0.215 e. The molecule has 3 heterocycles. The number of ether oxygens (including phenoxy) is 1. The summed E-state index contributed by atoms with van der Waals surface area (Å²) in [7, 11) is -3.28. The molecule has 2 N–H and O–H groups in total. The van der Waals surface area contributed by atoms with Gasteiger partial charge in [0.15, 0.2) is 0 Å². The molecule has 0 amide bonds. The predicted molar refractivity (Wildman–Crippen MR) is 92.7 cm³/mol. The van der Waals surface area contributed by atoms with E-state index in [-0.39, 0.29) is 11.9 Å². The topological polar surface area (TPSA) is 83.6 Å². The monoisotopic (exact) mass is 374 g/mol. The Morgan fingerprint density at radius 3 is 2.75 bits per heavy atom. The fourth-order valence-corrected chi connectivity index (χ4v) is 5.17. The molecule has 1 aromatic rings. The minimum atomic E-state index is -3.28. The third kappa shape index (κ3) is 4.37. The second kappa shape index (κ2) is 7.13. The van der Waals surface area contributed by atoms with Crippen molar-refractivity contribution in [2.75, 3.05) is 32.1 Å². The highest BCUT2D eigenvalue weighted by atomic mass is 35.5. The van der Waals surface area contributed by atoms with Crippen LogP contribution >= 0.6 is 11.6 Å². The van der Waals surface area contributed by atoms with E-state index in [9.17, 15) is 8.42 Å². The lowest BCUT2D eigenvalue weighted by atomic mass is 10.1. The number of hydrogen-bond acceptors (Lipinski definition) is 6. The number of hydrogen-bond donors (Lipinski definition) is 2. The molecule has 7 nitrogen and oxygen atoms in total. The van der Waals surface area contributed by atoms with Gasteiger partial charge in [0.1, 0.15) is 6.10 Å². The van der Waals surface area contributed by atoms with E-state index in [0.717, 1.165) is 0 Å². The van der Waals surface area contributed by atoms with Gasteiger partial charge in [-0.3, -0.25) is 5.32 Å². The van der Waals surface area contributed by atoms with Crippen LogP contribution in [0.2, 0.25) is 5.02 Å². The molecular weight excluding hydrogens is 352 g/mol. The number of halogens is 1. The molecule has 2 aliphatic rings. The summed E-state index contributed by atoms with van der Waals surface area (Å²) < 4.78 is 32.7. The van der Waals surface area contributed by atoms with Crippen LogP contribution in [0.4, 0.5) is 0 Å². The fourth-order valence-electron chi connectivity index (χ4n) is 3.10. The third-order valence-corrected chi connectivity index (χ3v) is 6.82. The molecule has 2 aliphatic heterocycles. The maximum atomic E-state index is 12.6. The summed E-state index contributed by atoms with van der Waals surface area (Å²) in [6.07, 6.45) is 2.84. The lowest BCUT2D eigenvalue weighted by Crippen LogP contribution is -2.51. The highest BCUT2D eigenvalue weighted by Crippen LogP contribution is 2.22. The van der Waals surface area contributed by atoms with Crippen molar-refractivity contribution < 1.29 is 13.2 Å². The molecule has 1 atom stereocenters. The molecule has 0 unspecified atom stereocenters. The predicted octanol–water partition coefficient (Wildman–Crippen LogP) is 0.817. The van der Waals surface area contributed by atoms with Crippen LogP contribution in [0.15, 0.2) is 18.3 Å². The normalized spacial score (nSPS) is 26.6. The molecule has 0 radical (unpaired) electrons. The zero-order valence-electron chi connectivity index (χ0n) is 13.7. The molecule has 0 aliphatic carbocycles. The average molecular weight is 375 g/mol. The highest BCUT2D eigenvalue weighted by molar-refractivity contribution is 7.89. The second-order valence-corrected chi connectivity index (χ2v) is 9.03. The molecule has 2 saturated heterocycles. The van der Waals surface area contributed by atoms with Crippen LogP contribution < -0.4 is 15.4 Å². The van der Waals surface area contributed by atoms with Crippen molar-refractivity contribution in [1.29, 1.82) is 0 Å². The minimum absolute atomic E-state index is 0.0213. The van der Waals surface area contributed by atoms with E-state index in [2.05, 4.69) is 15.6 Å². The average Bonchev–Trinajstić information content (AvgIpc) is 2.95. The quantitative estimate of drug-likeness (QED) is 0.793. The zero-order valence-corrected chi connectivity index (χ0v) is 15.2. The maximum absolute atomic E-state index is 12.6. The summed E-state index contributed by atoms with van der Waals surface area (Å²) >= 11 is 5.80. The van der Waals surface area contributed by atoms with Gasteiger partial charge < -0.3 is 10.1 Å². The number of nitrogens with zero attached hydrogens (tertiary/aromatic N) is 2. The van der Waals surface area contributed by atoms with Gasteiger partial charge in [-0.1, -0.05) is 11.6 Å². The van der Waals surface area contributed by atoms with Gasteiger partial charge >= 0.3 is 0 Å². The van der Waals surface area contributed by atoms with E-state index < -0.39 is 15.6 Å². The molecule has 0 bridgehead atoms. The highest BCUT2D eigenvalue weighted by Gasteiger charge is 2.37. The number of rotatable bonds is 5. The summed E-state index contributed by atoms with van der Waals surface area (Å²) in [6.45, 7) is 4.20. The minimum Gasteiger partial charge on any atom is -0.474 e. The zero-order chi connectivity index (χ0) is 17.2. The van der Waals surface area contributed by atoms with Gasteiger partial charge in [-0.25, -0.2) is 17.7 Å². The molecule has 0 spiro atoms. The summed E-state index contributed by atoms with van der Waals surface area (Å²) in [4.78, 5) is 4.12. The number of sulfonamides is 1. The molecule has 9 heteroatoms. The van der Waals surface area contributed by atoms with Crippen LogP contribution in [0.25, 0.3) is 0 Å². The van der Waals surface area contributed by atoms with Gasteiger partial charge in [0.05, 0.1) is 10.8 Å². The Bertz CT molecular complexity index is 654. The molecule has 0 aromatic carbocycles. The van der Waals surface area contributed by atoms with Crippen LogP contribution in [-0.2, 0) is 10.0 Å². The molecule has 0 saturated carbocycles. The van der Waals surface area contributed by atoms with Gasteiger partial charge in [0.25, 0.3) is 0 Å². The number of nitrogens with one attached hydrogen (secondary N) is 2. The van der Waals surface area contributed by atoms with Crippen molar-refractivity contribution >= 4 is 21.6 Å². The van der Waals surface area contributed by atoms with E-state index in [1.807, 2.05) is 6.92 Å². The fraction of sp³-hybridized carbons (Fsp3) is 0.667. The largest absolute Gasteiger partial charge is 0.474 e. The summed E-state index contributed by atoms with van der Waals surface area (Å²) in [6, 6.07) is 3.46. The Morgan fingerprint density at radius 1 is 1.42 bits per heavy atom. The molecule has 24 heavy (non-hydrogen) atoms. The van der Waals surface area contributed by atoms with Crippen molar-refractivity contribution in [2.45, 2.75) is 31.4 Å². The first-order valence-corrected chi connectivity index (χ1v) is 10.1. The van der Waals surface area contributed by atoms with Gasteiger partial charge in [0.2, 0.25) is 15.9 Å². The van der Waals surface area contributed by atoms with Crippen molar-refractivity contribution in [1.82, 2.24) is 19.9 Å². The Balaban J connectivity index is 1.53.